The average molecular weight is 253 g/mol. The molecule has 0 fully saturated rings. The van der Waals surface area contributed by atoms with Crippen molar-refractivity contribution in [3.8, 4) is 11.5 Å². The molecule has 0 aromatic heterocycles. The monoisotopic (exact) mass is 253 g/mol. The summed E-state index contributed by atoms with van der Waals surface area (Å²) in [5.41, 5.74) is -0.837. The maximum absolute atomic E-state index is 10.7. The standard InChI is InChI=1S/C12H15NO5/c1-12(16,11(14)15)6-13-5-8-2-3-9-10(4-8)18-7-17-9/h2-4,13,16H,5-7H2,1H3,(H,14,15). The Morgan fingerprint density at radius 3 is 2.89 bits per heavy atom. The quantitative estimate of drug-likeness (QED) is 0.701. The number of nitrogens with one attached hydrogen (secondary N) is 1. The van der Waals surface area contributed by atoms with E-state index in [9.17, 15) is 9.90 Å². The van der Waals surface area contributed by atoms with Gasteiger partial charge in [-0.3, -0.25) is 0 Å². The molecule has 0 amide bonds. The second kappa shape index (κ2) is 4.83. The van der Waals surface area contributed by atoms with E-state index in [0.29, 0.717) is 18.0 Å². The summed E-state index contributed by atoms with van der Waals surface area (Å²) in [7, 11) is 0. The van der Waals surface area contributed by atoms with Crippen LogP contribution in [-0.2, 0) is 11.3 Å². The number of aliphatic hydroxyl groups is 1. The van der Waals surface area contributed by atoms with Crippen LogP contribution in [0.3, 0.4) is 0 Å². The van der Waals surface area contributed by atoms with Crippen molar-refractivity contribution in [1.82, 2.24) is 5.32 Å². The molecule has 1 unspecified atom stereocenters. The van der Waals surface area contributed by atoms with E-state index in [4.69, 9.17) is 14.6 Å². The molecule has 1 aromatic rings. The number of carboxylic acids is 1. The van der Waals surface area contributed by atoms with Gasteiger partial charge in [-0.25, -0.2) is 4.79 Å². The molecule has 1 aliphatic rings. The van der Waals surface area contributed by atoms with Crippen LogP contribution >= 0.6 is 0 Å². The lowest BCUT2D eigenvalue weighted by Gasteiger charge is -2.18. The predicted molar refractivity (Wildman–Crippen MR) is 62.5 cm³/mol. The molecule has 1 aromatic carbocycles. The van der Waals surface area contributed by atoms with E-state index in [1.54, 1.807) is 6.07 Å². The van der Waals surface area contributed by atoms with Crippen molar-refractivity contribution in [2.75, 3.05) is 13.3 Å². The highest BCUT2D eigenvalue weighted by Gasteiger charge is 2.29. The number of hydrogen-bond acceptors (Lipinski definition) is 5. The van der Waals surface area contributed by atoms with Gasteiger partial charge < -0.3 is 25.0 Å². The minimum Gasteiger partial charge on any atom is -0.479 e. The highest BCUT2D eigenvalue weighted by molar-refractivity contribution is 5.76. The zero-order valence-electron chi connectivity index (χ0n) is 9.97. The Morgan fingerprint density at radius 1 is 1.44 bits per heavy atom. The first-order chi connectivity index (χ1) is 8.49. The molecule has 1 atom stereocenters. The summed E-state index contributed by atoms with van der Waals surface area (Å²) in [4.78, 5) is 10.7. The van der Waals surface area contributed by atoms with Crippen molar-refractivity contribution >= 4 is 5.97 Å². The second-order valence-electron chi connectivity index (χ2n) is 4.37. The van der Waals surface area contributed by atoms with E-state index in [1.807, 2.05) is 12.1 Å². The van der Waals surface area contributed by atoms with Crippen LogP contribution in [0.15, 0.2) is 18.2 Å². The summed E-state index contributed by atoms with van der Waals surface area (Å²) in [5, 5.41) is 21.1. The maximum Gasteiger partial charge on any atom is 0.336 e. The first kappa shape index (κ1) is 12.7. The first-order valence-electron chi connectivity index (χ1n) is 5.54. The fraction of sp³-hybridized carbons (Fsp3) is 0.417. The van der Waals surface area contributed by atoms with Crippen LogP contribution in [-0.4, -0.2) is 35.1 Å². The third kappa shape index (κ3) is 2.72. The Morgan fingerprint density at radius 2 is 2.17 bits per heavy atom. The third-order valence-electron chi connectivity index (χ3n) is 2.70. The lowest BCUT2D eigenvalue weighted by molar-refractivity contribution is -0.156. The number of carboxylic acid groups (broad SMARTS) is 1. The van der Waals surface area contributed by atoms with Gasteiger partial charge in [-0.2, -0.15) is 0 Å². The van der Waals surface area contributed by atoms with Gasteiger partial charge in [0.2, 0.25) is 6.79 Å². The molecule has 0 spiro atoms. The van der Waals surface area contributed by atoms with Crippen LogP contribution < -0.4 is 14.8 Å². The summed E-state index contributed by atoms with van der Waals surface area (Å²) >= 11 is 0. The highest BCUT2D eigenvalue weighted by Crippen LogP contribution is 2.32. The zero-order valence-corrected chi connectivity index (χ0v) is 9.97. The van der Waals surface area contributed by atoms with Gasteiger partial charge in [0.15, 0.2) is 17.1 Å². The number of aliphatic carboxylic acids is 1. The average Bonchev–Trinajstić information content (AvgIpc) is 2.75. The molecule has 6 nitrogen and oxygen atoms in total. The van der Waals surface area contributed by atoms with Gasteiger partial charge in [-0.05, 0) is 24.6 Å². The maximum atomic E-state index is 10.7. The van der Waals surface area contributed by atoms with E-state index in [1.165, 1.54) is 6.92 Å². The third-order valence-corrected chi connectivity index (χ3v) is 2.70. The first-order valence-corrected chi connectivity index (χ1v) is 5.54. The molecule has 98 valence electrons. The fourth-order valence-corrected chi connectivity index (χ4v) is 1.58. The molecule has 6 heteroatoms. The number of fused-ring (bicyclic) bond motifs is 1. The van der Waals surface area contributed by atoms with Gasteiger partial charge in [-0.1, -0.05) is 6.07 Å². The normalized spacial score (nSPS) is 16.3. The van der Waals surface area contributed by atoms with E-state index < -0.39 is 11.6 Å². The van der Waals surface area contributed by atoms with Crippen LogP contribution in [0.5, 0.6) is 11.5 Å². The van der Waals surface area contributed by atoms with Gasteiger partial charge in [0.05, 0.1) is 0 Å². The summed E-state index contributed by atoms with van der Waals surface area (Å²) in [6.07, 6.45) is 0. The molecule has 1 heterocycles. The molecule has 0 aliphatic carbocycles. The van der Waals surface area contributed by atoms with Gasteiger partial charge in [0, 0.05) is 13.1 Å². The number of rotatable bonds is 5. The Hall–Kier alpha value is -1.79. The van der Waals surface area contributed by atoms with Crippen molar-refractivity contribution in [2.45, 2.75) is 19.1 Å². The van der Waals surface area contributed by atoms with Crippen LogP contribution in [0.1, 0.15) is 12.5 Å². The Labute approximate surface area is 104 Å². The number of carbonyl (C=O) groups is 1. The Balaban J connectivity index is 1.89. The van der Waals surface area contributed by atoms with Gasteiger partial charge in [0.1, 0.15) is 0 Å². The predicted octanol–water partition coefficient (Wildman–Crippen LogP) is 0.340. The molecule has 0 bridgehead atoms. The largest absolute Gasteiger partial charge is 0.479 e. The molecular weight excluding hydrogens is 238 g/mol. The Kier molecular flexibility index (Phi) is 3.40. The molecule has 0 saturated heterocycles. The summed E-state index contributed by atoms with van der Waals surface area (Å²) < 4.78 is 10.4. The molecule has 1 aliphatic heterocycles. The van der Waals surface area contributed by atoms with Crippen molar-refractivity contribution in [1.29, 1.82) is 0 Å². The van der Waals surface area contributed by atoms with Crippen molar-refractivity contribution < 1.29 is 24.5 Å². The van der Waals surface area contributed by atoms with Crippen molar-refractivity contribution in [2.24, 2.45) is 0 Å². The SMILES string of the molecule is CC(O)(CNCc1ccc2c(c1)OCO2)C(=O)O. The lowest BCUT2D eigenvalue weighted by atomic mass is 10.1. The topological polar surface area (TPSA) is 88.0 Å². The lowest BCUT2D eigenvalue weighted by Crippen LogP contribution is -2.44. The highest BCUT2D eigenvalue weighted by atomic mass is 16.7. The van der Waals surface area contributed by atoms with Gasteiger partial charge in [0.25, 0.3) is 0 Å². The molecule has 0 radical (unpaired) electrons. The second-order valence-corrected chi connectivity index (χ2v) is 4.37. The summed E-state index contributed by atoms with van der Waals surface area (Å²) in [6.45, 7) is 1.89. The molecule has 18 heavy (non-hydrogen) atoms. The van der Waals surface area contributed by atoms with E-state index in [2.05, 4.69) is 5.32 Å². The minimum atomic E-state index is -1.77. The number of hydrogen-bond donors (Lipinski definition) is 3. The van der Waals surface area contributed by atoms with Crippen molar-refractivity contribution in [3.05, 3.63) is 23.8 Å². The minimum absolute atomic E-state index is 0.0310. The van der Waals surface area contributed by atoms with E-state index >= 15 is 0 Å². The molecular formula is C12H15NO5. The number of benzene rings is 1. The molecule has 2 rings (SSSR count). The van der Waals surface area contributed by atoms with Crippen LogP contribution in [0.25, 0.3) is 0 Å². The molecule has 0 saturated carbocycles. The van der Waals surface area contributed by atoms with Crippen molar-refractivity contribution in [3.63, 3.8) is 0 Å². The smallest absolute Gasteiger partial charge is 0.336 e. The van der Waals surface area contributed by atoms with E-state index in [0.717, 1.165) is 5.56 Å². The zero-order chi connectivity index (χ0) is 13.2. The summed E-state index contributed by atoms with van der Waals surface area (Å²) in [6, 6.07) is 5.48. The van der Waals surface area contributed by atoms with E-state index in [-0.39, 0.29) is 13.3 Å². The number of ether oxygens (including phenoxy) is 2. The van der Waals surface area contributed by atoms with Gasteiger partial charge >= 0.3 is 5.97 Å². The summed E-state index contributed by atoms with van der Waals surface area (Å²) in [5.74, 6) is 0.135. The van der Waals surface area contributed by atoms with Crippen LogP contribution in [0, 0.1) is 0 Å². The fourth-order valence-electron chi connectivity index (χ4n) is 1.58. The van der Waals surface area contributed by atoms with Crippen LogP contribution in [0.4, 0.5) is 0 Å². The molecule has 3 N–H and O–H groups in total. The van der Waals surface area contributed by atoms with Gasteiger partial charge in [-0.15, -0.1) is 0 Å². The van der Waals surface area contributed by atoms with Crippen LogP contribution in [0.2, 0.25) is 0 Å². The Bertz CT molecular complexity index is 458.